The average Bonchev–Trinajstić information content (AvgIpc) is 2.71. The van der Waals surface area contributed by atoms with E-state index in [9.17, 15) is 19.5 Å². The number of aryl methyl sites for hydroxylation is 1. The molecule has 0 fully saturated rings. The van der Waals surface area contributed by atoms with Gasteiger partial charge in [0.2, 0.25) is 5.91 Å². The van der Waals surface area contributed by atoms with Gasteiger partial charge in [-0.25, -0.2) is 4.79 Å². The molecule has 0 aliphatic rings. The third kappa shape index (κ3) is 7.24. The molecule has 33 heavy (non-hydrogen) atoms. The van der Waals surface area contributed by atoms with E-state index in [1.54, 1.807) is 45.9 Å². The largest absolute Gasteiger partial charge is 0.508 e. The summed E-state index contributed by atoms with van der Waals surface area (Å²) in [6, 6.07) is 11.6. The molecule has 2 unspecified atom stereocenters. The zero-order valence-electron chi connectivity index (χ0n) is 20.0. The first-order valence-corrected chi connectivity index (χ1v) is 10.9. The molecule has 0 radical (unpaired) electrons. The van der Waals surface area contributed by atoms with Crippen LogP contribution in [0.25, 0.3) is 0 Å². The molecule has 2 rings (SSSR count). The molecule has 0 aromatic heterocycles. The normalized spacial score (nSPS) is 12.9. The number of hydrogen-bond donors (Lipinski definition) is 3. The quantitative estimate of drug-likeness (QED) is 0.581. The predicted molar refractivity (Wildman–Crippen MR) is 127 cm³/mol. The number of para-hydroxylation sites is 1. The number of nitrogens with zero attached hydrogens (tertiary/aromatic N) is 1. The number of phenols is 1. The average molecular weight is 456 g/mol. The van der Waals surface area contributed by atoms with E-state index in [1.807, 2.05) is 25.1 Å². The summed E-state index contributed by atoms with van der Waals surface area (Å²) in [4.78, 5) is 40.3. The SMILES string of the molecule is CCN(C(=O)C(C)NC(=O)OC(C)(C)C)C(C(=O)Nc1ccccc1C)c1cccc(O)c1. The molecule has 0 spiro atoms. The molecule has 2 atom stereocenters. The van der Waals surface area contributed by atoms with Crippen molar-refractivity contribution in [1.82, 2.24) is 10.2 Å². The highest BCUT2D eigenvalue weighted by molar-refractivity contribution is 5.99. The zero-order valence-corrected chi connectivity index (χ0v) is 20.0. The Bertz CT molecular complexity index is 1000. The molecule has 178 valence electrons. The minimum Gasteiger partial charge on any atom is -0.508 e. The maximum atomic E-state index is 13.4. The molecule has 0 saturated heterocycles. The van der Waals surface area contributed by atoms with Gasteiger partial charge in [0, 0.05) is 12.2 Å². The first-order chi connectivity index (χ1) is 15.4. The fraction of sp³-hybridized carbons (Fsp3) is 0.400. The fourth-order valence-electron chi connectivity index (χ4n) is 3.34. The summed E-state index contributed by atoms with van der Waals surface area (Å²) in [5, 5.41) is 15.4. The van der Waals surface area contributed by atoms with E-state index in [2.05, 4.69) is 10.6 Å². The van der Waals surface area contributed by atoms with Gasteiger partial charge in [0.25, 0.3) is 5.91 Å². The first-order valence-electron chi connectivity index (χ1n) is 10.9. The van der Waals surface area contributed by atoms with Gasteiger partial charge in [-0.1, -0.05) is 30.3 Å². The number of nitrogens with one attached hydrogen (secondary N) is 2. The van der Waals surface area contributed by atoms with Gasteiger partial charge in [0.1, 0.15) is 23.4 Å². The number of benzene rings is 2. The second kappa shape index (κ2) is 10.8. The van der Waals surface area contributed by atoms with Gasteiger partial charge in [-0.2, -0.15) is 0 Å². The maximum absolute atomic E-state index is 13.4. The Morgan fingerprint density at radius 3 is 2.33 bits per heavy atom. The van der Waals surface area contributed by atoms with Crippen LogP contribution in [0.3, 0.4) is 0 Å². The van der Waals surface area contributed by atoms with Crippen LogP contribution in [0.2, 0.25) is 0 Å². The highest BCUT2D eigenvalue weighted by atomic mass is 16.6. The molecule has 0 aliphatic heterocycles. The molecule has 3 amide bonds. The van der Waals surface area contributed by atoms with Crippen molar-refractivity contribution in [3.05, 3.63) is 59.7 Å². The number of anilines is 1. The van der Waals surface area contributed by atoms with Crippen molar-refractivity contribution in [2.75, 3.05) is 11.9 Å². The Hall–Kier alpha value is -3.55. The summed E-state index contributed by atoms with van der Waals surface area (Å²) in [6.07, 6.45) is -0.724. The Balaban J connectivity index is 2.35. The molecule has 0 bridgehead atoms. The molecule has 8 nitrogen and oxygen atoms in total. The lowest BCUT2D eigenvalue weighted by Gasteiger charge is -2.33. The minimum absolute atomic E-state index is 0.0235. The number of alkyl carbamates (subject to hydrolysis) is 1. The Morgan fingerprint density at radius 1 is 1.09 bits per heavy atom. The molecule has 0 aliphatic carbocycles. The van der Waals surface area contributed by atoms with Crippen LogP contribution >= 0.6 is 0 Å². The summed E-state index contributed by atoms with van der Waals surface area (Å²) >= 11 is 0. The highest BCUT2D eigenvalue weighted by Crippen LogP contribution is 2.27. The van der Waals surface area contributed by atoms with Crippen LogP contribution in [-0.4, -0.2) is 46.1 Å². The molecule has 0 heterocycles. The lowest BCUT2D eigenvalue weighted by atomic mass is 10.0. The third-order valence-corrected chi connectivity index (χ3v) is 4.88. The number of phenolic OH excluding ortho intramolecular Hbond substituents is 1. The Labute approximate surface area is 194 Å². The van der Waals surface area contributed by atoms with Crippen LogP contribution in [0.4, 0.5) is 10.5 Å². The zero-order chi connectivity index (χ0) is 24.8. The number of hydrogen-bond acceptors (Lipinski definition) is 5. The molecule has 2 aromatic rings. The van der Waals surface area contributed by atoms with Crippen LogP contribution < -0.4 is 10.6 Å². The van der Waals surface area contributed by atoms with Crippen molar-refractivity contribution >= 4 is 23.6 Å². The van der Waals surface area contributed by atoms with E-state index in [0.29, 0.717) is 11.3 Å². The molecule has 0 saturated carbocycles. The van der Waals surface area contributed by atoms with Gasteiger partial charge >= 0.3 is 6.09 Å². The highest BCUT2D eigenvalue weighted by Gasteiger charge is 2.34. The number of amides is 3. The van der Waals surface area contributed by atoms with Gasteiger partial charge in [0.15, 0.2) is 0 Å². The van der Waals surface area contributed by atoms with Crippen LogP contribution in [0, 0.1) is 6.92 Å². The summed E-state index contributed by atoms with van der Waals surface area (Å²) < 4.78 is 5.24. The monoisotopic (exact) mass is 455 g/mol. The van der Waals surface area contributed by atoms with Crippen molar-refractivity contribution < 1.29 is 24.2 Å². The summed E-state index contributed by atoms with van der Waals surface area (Å²) in [5.74, 6) is -0.921. The summed E-state index contributed by atoms with van der Waals surface area (Å²) in [7, 11) is 0. The van der Waals surface area contributed by atoms with Crippen molar-refractivity contribution in [3.63, 3.8) is 0 Å². The number of carbonyl (C=O) groups excluding carboxylic acids is 3. The topological polar surface area (TPSA) is 108 Å². The van der Waals surface area contributed by atoms with Crippen molar-refractivity contribution in [2.24, 2.45) is 0 Å². The number of aromatic hydroxyl groups is 1. The standard InChI is InChI=1S/C25H33N3O5/c1-7-28(23(31)17(3)26-24(32)33-25(4,5)6)21(18-12-10-13-19(29)15-18)22(30)27-20-14-9-8-11-16(20)2/h8-15,17,21,29H,7H2,1-6H3,(H,26,32)(H,27,30). The minimum atomic E-state index is -1.03. The van der Waals surface area contributed by atoms with Gasteiger partial charge < -0.3 is 25.4 Å². The second-order valence-corrected chi connectivity index (χ2v) is 8.79. The molecule has 2 aromatic carbocycles. The molecule has 3 N–H and O–H groups in total. The lowest BCUT2D eigenvalue weighted by molar-refractivity contribution is -0.140. The van der Waals surface area contributed by atoms with E-state index < -0.39 is 35.6 Å². The second-order valence-electron chi connectivity index (χ2n) is 8.79. The number of ether oxygens (including phenoxy) is 1. The van der Waals surface area contributed by atoms with Crippen LogP contribution in [0.15, 0.2) is 48.5 Å². The number of carbonyl (C=O) groups is 3. The lowest BCUT2D eigenvalue weighted by Crippen LogP contribution is -2.51. The summed E-state index contributed by atoms with van der Waals surface area (Å²) in [5.41, 5.74) is 1.22. The van der Waals surface area contributed by atoms with Gasteiger partial charge in [-0.3, -0.25) is 9.59 Å². The molecule has 8 heteroatoms. The smallest absolute Gasteiger partial charge is 0.408 e. The Kier molecular flexibility index (Phi) is 8.45. The van der Waals surface area contributed by atoms with Crippen molar-refractivity contribution in [2.45, 2.75) is 59.2 Å². The van der Waals surface area contributed by atoms with Crippen LogP contribution in [0.5, 0.6) is 5.75 Å². The van der Waals surface area contributed by atoms with E-state index in [0.717, 1.165) is 5.56 Å². The van der Waals surface area contributed by atoms with Crippen molar-refractivity contribution in [1.29, 1.82) is 0 Å². The van der Waals surface area contributed by atoms with E-state index in [4.69, 9.17) is 4.74 Å². The van der Waals surface area contributed by atoms with Gasteiger partial charge in [-0.05, 0) is 70.9 Å². The fourth-order valence-corrected chi connectivity index (χ4v) is 3.34. The van der Waals surface area contributed by atoms with Gasteiger partial charge in [0.05, 0.1) is 0 Å². The number of rotatable bonds is 7. The van der Waals surface area contributed by atoms with Crippen LogP contribution in [0.1, 0.15) is 51.8 Å². The van der Waals surface area contributed by atoms with E-state index >= 15 is 0 Å². The number of likely N-dealkylation sites (N-methyl/N-ethyl adjacent to an activating group) is 1. The third-order valence-electron chi connectivity index (χ3n) is 4.88. The maximum Gasteiger partial charge on any atom is 0.408 e. The predicted octanol–water partition coefficient (Wildman–Crippen LogP) is 4.14. The molecular weight excluding hydrogens is 422 g/mol. The van der Waals surface area contributed by atoms with E-state index in [-0.39, 0.29) is 12.3 Å². The molecular formula is C25H33N3O5. The summed E-state index contributed by atoms with van der Waals surface area (Å²) in [6.45, 7) is 10.5. The van der Waals surface area contributed by atoms with Crippen molar-refractivity contribution in [3.8, 4) is 5.75 Å². The van der Waals surface area contributed by atoms with Crippen LogP contribution in [-0.2, 0) is 14.3 Å². The first kappa shape index (κ1) is 25.7. The Morgan fingerprint density at radius 2 is 1.76 bits per heavy atom. The van der Waals surface area contributed by atoms with Gasteiger partial charge in [-0.15, -0.1) is 0 Å². The van der Waals surface area contributed by atoms with E-state index in [1.165, 1.54) is 24.0 Å².